The van der Waals surface area contributed by atoms with Gasteiger partial charge in [-0.25, -0.2) is 4.98 Å². The molecule has 1 aliphatic heterocycles. The Morgan fingerprint density at radius 2 is 2.32 bits per heavy atom. The lowest BCUT2D eigenvalue weighted by Crippen LogP contribution is -2.30. The van der Waals surface area contributed by atoms with Crippen LogP contribution >= 0.6 is 0 Å². The highest BCUT2D eigenvalue weighted by atomic mass is 16.5. The molecule has 0 bridgehead atoms. The molecular formula is C15H19N3O. The van der Waals surface area contributed by atoms with E-state index in [1.54, 1.807) is 7.11 Å². The Bertz CT molecular complexity index is 550. The highest BCUT2D eigenvalue weighted by molar-refractivity contribution is 5.36. The first-order chi connectivity index (χ1) is 9.40. The summed E-state index contributed by atoms with van der Waals surface area (Å²) in [7, 11) is 1.73. The van der Waals surface area contributed by atoms with Crippen molar-refractivity contribution in [3.05, 3.63) is 53.6 Å². The second kappa shape index (κ2) is 5.55. The number of benzene rings is 1. The summed E-state index contributed by atoms with van der Waals surface area (Å²) < 4.78 is 7.36. The first kappa shape index (κ1) is 12.4. The maximum absolute atomic E-state index is 5.16. The first-order valence-electron chi connectivity index (χ1n) is 6.68. The molecule has 1 N–H and O–H groups in total. The lowest BCUT2D eigenvalue weighted by atomic mass is 9.90. The molecule has 0 aliphatic carbocycles. The summed E-state index contributed by atoms with van der Waals surface area (Å²) in [6, 6.07) is 8.62. The van der Waals surface area contributed by atoms with E-state index < -0.39 is 0 Å². The van der Waals surface area contributed by atoms with Gasteiger partial charge in [-0.1, -0.05) is 24.3 Å². The van der Waals surface area contributed by atoms with Crippen molar-refractivity contribution >= 4 is 0 Å². The average molecular weight is 257 g/mol. The van der Waals surface area contributed by atoms with Gasteiger partial charge in [-0.15, -0.1) is 0 Å². The fraction of sp³-hybridized carbons (Fsp3) is 0.400. The Morgan fingerprint density at radius 1 is 1.42 bits per heavy atom. The molecule has 19 heavy (non-hydrogen) atoms. The molecule has 0 radical (unpaired) electrons. The van der Waals surface area contributed by atoms with Crippen LogP contribution in [0, 0.1) is 0 Å². The van der Waals surface area contributed by atoms with Crippen LogP contribution in [0.1, 0.15) is 22.9 Å². The number of nitrogens with one attached hydrogen (secondary N) is 1. The largest absolute Gasteiger partial charge is 0.383 e. The van der Waals surface area contributed by atoms with Gasteiger partial charge in [0.1, 0.15) is 5.82 Å². The predicted octanol–water partition coefficient (Wildman–Crippen LogP) is 1.76. The molecule has 1 aliphatic rings. The standard InChI is InChI=1S/C15H19N3O/c1-19-9-8-18-7-6-17-15(18)14-11-16-10-12-4-2-3-5-13(12)14/h2-7,14,16H,8-11H2,1H3/t14-/m0/s1. The van der Waals surface area contributed by atoms with Gasteiger partial charge in [-0.05, 0) is 11.1 Å². The van der Waals surface area contributed by atoms with Crippen LogP contribution in [-0.4, -0.2) is 29.8 Å². The van der Waals surface area contributed by atoms with Gasteiger partial charge in [0.15, 0.2) is 0 Å². The second-order valence-electron chi connectivity index (χ2n) is 4.85. The molecule has 0 saturated heterocycles. The Balaban J connectivity index is 1.93. The van der Waals surface area contributed by atoms with Crippen LogP contribution in [0.3, 0.4) is 0 Å². The van der Waals surface area contributed by atoms with E-state index >= 15 is 0 Å². The molecule has 1 aromatic carbocycles. The van der Waals surface area contributed by atoms with Gasteiger partial charge < -0.3 is 14.6 Å². The number of fused-ring (bicyclic) bond motifs is 1. The third-order valence-corrected chi connectivity index (χ3v) is 3.69. The van der Waals surface area contributed by atoms with Gasteiger partial charge >= 0.3 is 0 Å². The molecular weight excluding hydrogens is 238 g/mol. The number of hydrogen-bond acceptors (Lipinski definition) is 3. The molecule has 3 rings (SSSR count). The van der Waals surface area contributed by atoms with E-state index in [0.717, 1.165) is 25.5 Å². The van der Waals surface area contributed by atoms with Crippen LogP contribution in [0.4, 0.5) is 0 Å². The van der Waals surface area contributed by atoms with Gasteiger partial charge in [0.25, 0.3) is 0 Å². The molecule has 4 heteroatoms. The molecule has 0 fully saturated rings. The van der Waals surface area contributed by atoms with Crippen molar-refractivity contribution in [2.75, 3.05) is 20.3 Å². The summed E-state index contributed by atoms with van der Waals surface area (Å²) in [4.78, 5) is 4.56. The molecule has 100 valence electrons. The lowest BCUT2D eigenvalue weighted by molar-refractivity contribution is 0.186. The number of nitrogens with zero attached hydrogens (tertiary/aromatic N) is 2. The van der Waals surface area contributed by atoms with Crippen molar-refractivity contribution in [1.29, 1.82) is 0 Å². The number of methoxy groups -OCH3 is 1. The number of aromatic nitrogens is 2. The molecule has 0 saturated carbocycles. The molecule has 0 unspecified atom stereocenters. The molecule has 2 aromatic rings. The van der Waals surface area contributed by atoms with Crippen molar-refractivity contribution < 1.29 is 4.74 Å². The minimum Gasteiger partial charge on any atom is -0.383 e. The minimum atomic E-state index is 0.330. The van der Waals surface area contributed by atoms with Crippen LogP contribution in [0.5, 0.6) is 0 Å². The maximum Gasteiger partial charge on any atom is 0.117 e. The van der Waals surface area contributed by atoms with Crippen molar-refractivity contribution in [3.8, 4) is 0 Å². The summed E-state index contributed by atoms with van der Waals surface area (Å²) in [5.41, 5.74) is 2.77. The monoisotopic (exact) mass is 257 g/mol. The maximum atomic E-state index is 5.16. The predicted molar refractivity (Wildman–Crippen MR) is 74.1 cm³/mol. The number of imidazole rings is 1. The Kier molecular flexibility index (Phi) is 3.62. The van der Waals surface area contributed by atoms with Crippen molar-refractivity contribution in [1.82, 2.24) is 14.9 Å². The average Bonchev–Trinajstić information content (AvgIpc) is 2.92. The molecule has 0 amide bonds. The van der Waals surface area contributed by atoms with Gasteiger partial charge in [-0.2, -0.15) is 0 Å². The lowest BCUT2D eigenvalue weighted by Gasteiger charge is -2.26. The molecule has 2 heterocycles. The number of ether oxygens (including phenoxy) is 1. The topological polar surface area (TPSA) is 39.1 Å². The van der Waals surface area contributed by atoms with Crippen LogP contribution < -0.4 is 5.32 Å². The summed E-state index contributed by atoms with van der Waals surface area (Å²) in [6.07, 6.45) is 3.91. The summed E-state index contributed by atoms with van der Waals surface area (Å²) in [6.45, 7) is 3.46. The third-order valence-electron chi connectivity index (χ3n) is 3.69. The van der Waals surface area contributed by atoms with Crippen molar-refractivity contribution in [2.24, 2.45) is 0 Å². The normalized spacial score (nSPS) is 18.3. The van der Waals surface area contributed by atoms with E-state index in [0.29, 0.717) is 12.5 Å². The quantitative estimate of drug-likeness (QED) is 0.907. The Labute approximate surface area is 113 Å². The first-order valence-corrected chi connectivity index (χ1v) is 6.68. The SMILES string of the molecule is COCCn1ccnc1[C@H]1CNCc2ccccc21. The zero-order valence-corrected chi connectivity index (χ0v) is 11.2. The van der Waals surface area contributed by atoms with Gasteiger partial charge in [0, 0.05) is 39.1 Å². The molecule has 1 aromatic heterocycles. The summed E-state index contributed by atoms with van der Waals surface area (Å²) >= 11 is 0. The van der Waals surface area contributed by atoms with Crippen molar-refractivity contribution in [2.45, 2.75) is 19.0 Å². The van der Waals surface area contributed by atoms with Crippen LogP contribution in [-0.2, 0) is 17.8 Å². The van der Waals surface area contributed by atoms with Crippen LogP contribution in [0.15, 0.2) is 36.7 Å². The molecule has 0 spiro atoms. The van der Waals surface area contributed by atoms with E-state index in [1.165, 1.54) is 11.1 Å². The third kappa shape index (κ3) is 2.41. The van der Waals surface area contributed by atoms with Crippen LogP contribution in [0.2, 0.25) is 0 Å². The summed E-state index contributed by atoms with van der Waals surface area (Å²) in [5.74, 6) is 1.45. The van der Waals surface area contributed by atoms with Crippen LogP contribution in [0.25, 0.3) is 0 Å². The number of hydrogen-bond donors (Lipinski definition) is 1. The summed E-state index contributed by atoms with van der Waals surface area (Å²) in [5, 5.41) is 3.48. The fourth-order valence-electron chi connectivity index (χ4n) is 2.74. The van der Waals surface area contributed by atoms with Gasteiger partial charge in [0.2, 0.25) is 0 Å². The van der Waals surface area contributed by atoms with Crippen molar-refractivity contribution in [3.63, 3.8) is 0 Å². The van der Waals surface area contributed by atoms with E-state index in [4.69, 9.17) is 4.74 Å². The zero-order valence-electron chi connectivity index (χ0n) is 11.2. The smallest absolute Gasteiger partial charge is 0.117 e. The Morgan fingerprint density at radius 3 is 3.21 bits per heavy atom. The highest BCUT2D eigenvalue weighted by Crippen LogP contribution is 2.28. The minimum absolute atomic E-state index is 0.330. The van der Waals surface area contributed by atoms with E-state index in [2.05, 4.69) is 39.1 Å². The highest BCUT2D eigenvalue weighted by Gasteiger charge is 2.24. The van der Waals surface area contributed by atoms with E-state index in [-0.39, 0.29) is 0 Å². The molecule has 4 nitrogen and oxygen atoms in total. The number of rotatable bonds is 4. The second-order valence-corrected chi connectivity index (χ2v) is 4.85. The zero-order chi connectivity index (χ0) is 13.1. The molecule has 1 atom stereocenters. The van der Waals surface area contributed by atoms with Gasteiger partial charge in [0.05, 0.1) is 12.5 Å². The van der Waals surface area contributed by atoms with Gasteiger partial charge in [-0.3, -0.25) is 0 Å². The Hall–Kier alpha value is -1.65. The van der Waals surface area contributed by atoms with E-state index in [1.807, 2.05) is 12.4 Å². The van der Waals surface area contributed by atoms with E-state index in [9.17, 15) is 0 Å². The fourth-order valence-corrected chi connectivity index (χ4v) is 2.74.